The fourth-order valence-corrected chi connectivity index (χ4v) is 1.65. The normalized spacial score (nSPS) is 10.9. The van der Waals surface area contributed by atoms with Crippen molar-refractivity contribution in [3.05, 3.63) is 34.2 Å². The minimum atomic E-state index is -1.03. The zero-order valence-electron chi connectivity index (χ0n) is 11.8. The average molecular weight is 281 g/mol. The van der Waals surface area contributed by atoms with Gasteiger partial charge in [0.05, 0.1) is 5.56 Å². The number of carbonyl (C=O) groups excluding carboxylic acids is 1. The SMILES string of the molecule is CC(C)(C)N(CCNC(=O)c1ccc(=O)[nH]c1)C(=O)O. The number of aromatic nitrogens is 1. The number of hydrogen-bond donors (Lipinski definition) is 3. The summed E-state index contributed by atoms with van der Waals surface area (Å²) in [4.78, 5) is 37.4. The zero-order valence-corrected chi connectivity index (χ0v) is 11.8. The van der Waals surface area contributed by atoms with Gasteiger partial charge in [-0.1, -0.05) is 0 Å². The maximum Gasteiger partial charge on any atom is 0.407 e. The van der Waals surface area contributed by atoms with Crippen LogP contribution in [-0.4, -0.2) is 45.6 Å². The highest BCUT2D eigenvalue weighted by Gasteiger charge is 2.25. The largest absolute Gasteiger partial charge is 0.465 e. The monoisotopic (exact) mass is 281 g/mol. The molecule has 20 heavy (non-hydrogen) atoms. The molecule has 3 N–H and O–H groups in total. The standard InChI is InChI=1S/C13H19N3O4/c1-13(2,3)16(12(19)20)7-6-14-11(18)9-4-5-10(17)15-8-9/h4-5,8H,6-7H2,1-3H3,(H,14,18)(H,15,17)(H,19,20). The first kappa shape index (κ1) is 15.7. The summed E-state index contributed by atoms with van der Waals surface area (Å²) < 4.78 is 0. The Labute approximate surface area is 116 Å². The Balaban J connectivity index is 2.55. The highest BCUT2D eigenvalue weighted by atomic mass is 16.4. The van der Waals surface area contributed by atoms with Crippen molar-refractivity contribution >= 4 is 12.0 Å². The molecule has 1 aromatic heterocycles. The molecular weight excluding hydrogens is 262 g/mol. The molecule has 1 aromatic rings. The van der Waals surface area contributed by atoms with E-state index >= 15 is 0 Å². The Hall–Kier alpha value is -2.31. The van der Waals surface area contributed by atoms with Crippen LogP contribution in [-0.2, 0) is 0 Å². The molecule has 7 heteroatoms. The Morgan fingerprint density at radius 2 is 2.00 bits per heavy atom. The first-order valence-corrected chi connectivity index (χ1v) is 6.19. The number of carbonyl (C=O) groups is 2. The molecule has 0 saturated heterocycles. The quantitative estimate of drug-likeness (QED) is 0.762. The molecule has 0 aliphatic carbocycles. The molecule has 0 bridgehead atoms. The molecule has 0 atom stereocenters. The van der Waals surface area contributed by atoms with Crippen LogP contribution < -0.4 is 10.9 Å². The minimum absolute atomic E-state index is 0.188. The van der Waals surface area contributed by atoms with E-state index in [1.165, 1.54) is 23.2 Å². The van der Waals surface area contributed by atoms with Crippen molar-refractivity contribution in [3.8, 4) is 0 Å². The van der Waals surface area contributed by atoms with Gasteiger partial charge in [-0.25, -0.2) is 4.79 Å². The van der Waals surface area contributed by atoms with Crippen LogP contribution in [0.25, 0.3) is 0 Å². The lowest BCUT2D eigenvalue weighted by Crippen LogP contribution is -2.48. The van der Waals surface area contributed by atoms with Crippen molar-refractivity contribution in [2.75, 3.05) is 13.1 Å². The molecule has 0 aliphatic rings. The maximum absolute atomic E-state index is 11.8. The number of hydrogen-bond acceptors (Lipinski definition) is 3. The third kappa shape index (κ3) is 4.42. The lowest BCUT2D eigenvalue weighted by molar-refractivity contribution is 0.0892. The molecule has 0 fully saturated rings. The molecule has 1 rings (SSSR count). The predicted molar refractivity (Wildman–Crippen MR) is 73.9 cm³/mol. The van der Waals surface area contributed by atoms with E-state index in [9.17, 15) is 14.4 Å². The van der Waals surface area contributed by atoms with Gasteiger partial charge in [-0.05, 0) is 26.8 Å². The highest BCUT2D eigenvalue weighted by Crippen LogP contribution is 2.12. The van der Waals surface area contributed by atoms with E-state index in [0.717, 1.165) is 0 Å². The van der Waals surface area contributed by atoms with E-state index in [4.69, 9.17) is 5.11 Å². The Kier molecular flexibility index (Phi) is 4.90. The highest BCUT2D eigenvalue weighted by molar-refractivity contribution is 5.93. The summed E-state index contributed by atoms with van der Waals surface area (Å²) in [5.41, 5.74) is -0.497. The van der Waals surface area contributed by atoms with Gasteiger partial charge in [0.25, 0.3) is 5.91 Å². The molecule has 0 saturated carbocycles. The second-order valence-electron chi connectivity index (χ2n) is 5.30. The van der Waals surface area contributed by atoms with E-state index in [1.807, 2.05) is 0 Å². The molecule has 0 radical (unpaired) electrons. The number of nitrogens with one attached hydrogen (secondary N) is 2. The second kappa shape index (κ2) is 6.23. The average Bonchev–Trinajstić information content (AvgIpc) is 2.33. The van der Waals surface area contributed by atoms with Crippen molar-refractivity contribution in [3.63, 3.8) is 0 Å². The molecule has 0 spiro atoms. The molecular formula is C13H19N3O4. The van der Waals surface area contributed by atoms with Gasteiger partial charge in [0.2, 0.25) is 5.56 Å². The molecule has 7 nitrogen and oxygen atoms in total. The Morgan fingerprint density at radius 3 is 2.45 bits per heavy atom. The second-order valence-corrected chi connectivity index (χ2v) is 5.30. The van der Waals surface area contributed by atoms with E-state index in [1.54, 1.807) is 20.8 Å². The van der Waals surface area contributed by atoms with Crippen molar-refractivity contribution in [1.82, 2.24) is 15.2 Å². The minimum Gasteiger partial charge on any atom is -0.465 e. The summed E-state index contributed by atoms with van der Waals surface area (Å²) in [6.45, 7) is 5.73. The van der Waals surface area contributed by atoms with E-state index in [0.29, 0.717) is 5.56 Å². The van der Waals surface area contributed by atoms with Crippen LogP contribution in [0.2, 0.25) is 0 Å². The van der Waals surface area contributed by atoms with E-state index < -0.39 is 11.6 Å². The summed E-state index contributed by atoms with van der Waals surface area (Å²) in [7, 11) is 0. The fourth-order valence-electron chi connectivity index (χ4n) is 1.65. The summed E-state index contributed by atoms with van der Waals surface area (Å²) in [6, 6.07) is 2.67. The van der Waals surface area contributed by atoms with Crippen molar-refractivity contribution in [2.24, 2.45) is 0 Å². The van der Waals surface area contributed by atoms with Crippen LogP contribution in [0, 0.1) is 0 Å². The Morgan fingerprint density at radius 1 is 1.35 bits per heavy atom. The van der Waals surface area contributed by atoms with Gasteiger partial charge in [0, 0.05) is 30.9 Å². The van der Waals surface area contributed by atoms with Crippen molar-refractivity contribution in [1.29, 1.82) is 0 Å². The lowest BCUT2D eigenvalue weighted by atomic mass is 10.1. The van der Waals surface area contributed by atoms with Crippen molar-refractivity contribution in [2.45, 2.75) is 26.3 Å². The predicted octanol–water partition coefficient (Wildman–Crippen LogP) is 0.883. The summed E-state index contributed by atoms with van der Waals surface area (Å²) in [6.07, 6.45) is 0.284. The van der Waals surface area contributed by atoms with E-state index in [-0.39, 0.29) is 24.6 Å². The topological polar surface area (TPSA) is 103 Å². The van der Waals surface area contributed by atoms with Crippen LogP contribution in [0.15, 0.2) is 23.1 Å². The number of carboxylic acid groups (broad SMARTS) is 1. The van der Waals surface area contributed by atoms with Gasteiger partial charge >= 0.3 is 6.09 Å². The van der Waals surface area contributed by atoms with Crippen LogP contribution in [0.3, 0.4) is 0 Å². The molecule has 110 valence electrons. The smallest absolute Gasteiger partial charge is 0.407 e. The van der Waals surface area contributed by atoms with Crippen LogP contribution in [0.5, 0.6) is 0 Å². The number of rotatable bonds is 4. The number of aromatic amines is 1. The van der Waals surface area contributed by atoms with Crippen molar-refractivity contribution < 1.29 is 14.7 Å². The summed E-state index contributed by atoms with van der Waals surface area (Å²) >= 11 is 0. The third-order valence-electron chi connectivity index (χ3n) is 2.71. The molecule has 1 heterocycles. The lowest BCUT2D eigenvalue weighted by Gasteiger charge is -2.33. The van der Waals surface area contributed by atoms with Gasteiger partial charge in [-0.15, -0.1) is 0 Å². The number of amides is 2. The summed E-state index contributed by atoms with van der Waals surface area (Å²) in [5.74, 6) is -0.361. The van der Waals surface area contributed by atoms with Crippen LogP contribution >= 0.6 is 0 Å². The van der Waals surface area contributed by atoms with Gasteiger partial charge in [0.1, 0.15) is 0 Å². The number of H-pyrrole nitrogens is 1. The molecule has 0 aromatic carbocycles. The third-order valence-corrected chi connectivity index (χ3v) is 2.71. The van der Waals surface area contributed by atoms with Gasteiger partial charge in [-0.3, -0.25) is 9.59 Å². The number of nitrogens with zero attached hydrogens (tertiary/aromatic N) is 1. The zero-order chi connectivity index (χ0) is 15.3. The van der Waals surface area contributed by atoms with Crippen LogP contribution in [0.1, 0.15) is 31.1 Å². The van der Waals surface area contributed by atoms with Crippen LogP contribution in [0.4, 0.5) is 4.79 Å². The molecule has 0 aliphatic heterocycles. The van der Waals surface area contributed by atoms with Gasteiger partial charge in [-0.2, -0.15) is 0 Å². The maximum atomic E-state index is 11.8. The van der Waals surface area contributed by atoms with Gasteiger partial charge < -0.3 is 20.3 Å². The van der Waals surface area contributed by atoms with Gasteiger partial charge in [0.15, 0.2) is 0 Å². The number of pyridine rings is 1. The summed E-state index contributed by atoms with van der Waals surface area (Å²) in [5, 5.41) is 11.7. The fraction of sp³-hybridized carbons (Fsp3) is 0.462. The molecule has 2 amide bonds. The van der Waals surface area contributed by atoms with E-state index in [2.05, 4.69) is 10.3 Å². The molecule has 0 unspecified atom stereocenters. The first-order valence-electron chi connectivity index (χ1n) is 6.19. The first-order chi connectivity index (χ1) is 9.21. The Bertz CT molecular complexity index is 525.